The molecular weight excluding hydrogens is 276 g/mol. The van der Waals surface area contributed by atoms with Gasteiger partial charge >= 0.3 is 5.97 Å². The van der Waals surface area contributed by atoms with E-state index in [9.17, 15) is 4.79 Å². The Morgan fingerprint density at radius 2 is 2.20 bits per heavy atom. The van der Waals surface area contributed by atoms with Crippen molar-refractivity contribution in [1.29, 1.82) is 0 Å². The molecule has 0 spiro atoms. The number of anilines is 1. The lowest BCUT2D eigenvalue weighted by Crippen LogP contribution is -2.44. The van der Waals surface area contributed by atoms with Crippen LogP contribution in [0.3, 0.4) is 0 Å². The van der Waals surface area contributed by atoms with Crippen LogP contribution >= 0.6 is 11.3 Å². The van der Waals surface area contributed by atoms with Gasteiger partial charge in [-0.15, -0.1) is 11.3 Å². The van der Waals surface area contributed by atoms with Gasteiger partial charge in [-0.1, -0.05) is 0 Å². The molecule has 2 rings (SSSR count). The van der Waals surface area contributed by atoms with Gasteiger partial charge in [-0.2, -0.15) is 0 Å². The maximum absolute atomic E-state index is 11.5. The van der Waals surface area contributed by atoms with Gasteiger partial charge in [0.1, 0.15) is 6.04 Å². The average Bonchev–Trinajstić information content (AvgIpc) is 2.88. The molecule has 1 aromatic rings. The second kappa shape index (κ2) is 7.01. The van der Waals surface area contributed by atoms with Crippen molar-refractivity contribution < 1.29 is 9.53 Å². The minimum atomic E-state index is -0.601. The third kappa shape index (κ3) is 3.91. The molecule has 0 saturated carbocycles. The van der Waals surface area contributed by atoms with Crippen LogP contribution < -0.4 is 10.6 Å². The van der Waals surface area contributed by atoms with Crippen molar-refractivity contribution in [3.05, 3.63) is 11.1 Å². The summed E-state index contributed by atoms with van der Waals surface area (Å²) in [7, 11) is 2.13. The normalized spacial score (nSPS) is 18.1. The molecule has 0 aromatic carbocycles. The highest BCUT2D eigenvalue weighted by Crippen LogP contribution is 2.24. The summed E-state index contributed by atoms with van der Waals surface area (Å²) in [5.41, 5.74) is 5.83. The summed E-state index contributed by atoms with van der Waals surface area (Å²) in [6, 6.07) is -0.601. The van der Waals surface area contributed by atoms with E-state index >= 15 is 0 Å². The van der Waals surface area contributed by atoms with Gasteiger partial charge < -0.3 is 20.3 Å². The van der Waals surface area contributed by atoms with E-state index in [1.54, 1.807) is 18.3 Å². The van der Waals surface area contributed by atoms with Crippen LogP contribution in [0.4, 0.5) is 5.13 Å². The van der Waals surface area contributed by atoms with Gasteiger partial charge in [-0.25, -0.2) is 4.98 Å². The van der Waals surface area contributed by atoms with Crippen LogP contribution in [0, 0.1) is 0 Å². The Morgan fingerprint density at radius 1 is 1.50 bits per heavy atom. The molecule has 0 radical (unpaired) electrons. The first-order chi connectivity index (χ1) is 9.60. The van der Waals surface area contributed by atoms with E-state index in [4.69, 9.17) is 10.5 Å². The Hall–Kier alpha value is -1.18. The minimum Gasteiger partial charge on any atom is -0.465 e. The van der Waals surface area contributed by atoms with Crippen LogP contribution in [0.25, 0.3) is 0 Å². The second-order valence-electron chi connectivity index (χ2n) is 4.96. The summed E-state index contributed by atoms with van der Waals surface area (Å²) in [5, 5.41) is 1.02. The Labute approximate surface area is 123 Å². The molecule has 1 fully saturated rings. The van der Waals surface area contributed by atoms with Crippen LogP contribution in [-0.2, 0) is 16.0 Å². The third-order valence-electron chi connectivity index (χ3n) is 3.33. The molecule has 2 heterocycles. The highest BCUT2D eigenvalue weighted by Gasteiger charge is 2.20. The minimum absolute atomic E-state index is 0.345. The highest BCUT2D eigenvalue weighted by molar-refractivity contribution is 7.15. The lowest BCUT2D eigenvalue weighted by Gasteiger charge is -2.32. The summed E-state index contributed by atoms with van der Waals surface area (Å²) >= 11 is 1.61. The topological polar surface area (TPSA) is 71.7 Å². The van der Waals surface area contributed by atoms with E-state index in [1.165, 1.54) is 0 Å². The van der Waals surface area contributed by atoms with Gasteiger partial charge in [0.2, 0.25) is 0 Å². The van der Waals surface area contributed by atoms with Gasteiger partial charge in [0, 0.05) is 43.7 Å². The van der Waals surface area contributed by atoms with E-state index in [2.05, 4.69) is 21.8 Å². The predicted molar refractivity (Wildman–Crippen MR) is 80.1 cm³/mol. The van der Waals surface area contributed by atoms with Crippen molar-refractivity contribution >= 4 is 22.4 Å². The fourth-order valence-electron chi connectivity index (χ4n) is 2.08. The first-order valence-corrected chi connectivity index (χ1v) is 7.72. The van der Waals surface area contributed by atoms with Gasteiger partial charge in [0.15, 0.2) is 5.13 Å². The molecule has 1 aliphatic heterocycles. The summed E-state index contributed by atoms with van der Waals surface area (Å²) in [6.07, 6.45) is 2.31. The summed E-state index contributed by atoms with van der Waals surface area (Å²) in [6.45, 7) is 6.24. The van der Waals surface area contributed by atoms with Crippen molar-refractivity contribution in [3.63, 3.8) is 0 Å². The van der Waals surface area contributed by atoms with Gasteiger partial charge in [-0.05, 0) is 14.0 Å². The molecular formula is C13H22N4O2S. The molecule has 0 bridgehead atoms. The molecule has 1 atom stereocenters. The number of piperazine rings is 1. The first kappa shape index (κ1) is 15.2. The number of nitrogens with two attached hydrogens (primary N) is 1. The Morgan fingerprint density at radius 3 is 2.85 bits per heavy atom. The molecule has 1 aliphatic rings. The van der Waals surface area contributed by atoms with E-state index < -0.39 is 6.04 Å². The number of carbonyl (C=O) groups excluding carboxylic acids is 1. The van der Waals surface area contributed by atoms with Crippen LogP contribution in [0.15, 0.2) is 6.20 Å². The number of hydrogen-bond acceptors (Lipinski definition) is 7. The molecule has 1 saturated heterocycles. The SMILES string of the molecule is CCOC(=O)C(N)Cc1cnc(N2CCN(C)CC2)s1. The maximum Gasteiger partial charge on any atom is 0.323 e. The van der Waals surface area contributed by atoms with Crippen LogP contribution in [-0.4, -0.2) is 61.7 Å². The summed E-state index contributed by atoms with van der Waals surface area (Å²) in [4.78, 5) is 21.6. The molecule has 0 amide bonds. The number of hydrogen-bond donors (Lipinski definition) is 1. The Bertz CT molecular complexity index is 443. The zero-order valence-electron chi connectivity index (χ0n) is 12.0. The highest BCUT2D eigenvalue weighted by atomic mass is 32.1. The lowest BCUT2D eigenvalue weighted by molar-refractivity contribution is -0.144. The molecule has 1 unspecified atom stereocenters. The number of rotatable bonds is 5. The van der Waals surface area contributed by atoms with E-state index in [0.717, 1.165) is 36.2 Å². The number of carbonyl (C=O) groups is 1. The van der Waals surface area contributed by atoms with E-state index in [1.807, 2.05) is 6.20 Å². The number of ether oxygens (including phenoxy) is 1. The molecule has 0 aliphatic carbocycles. The van der Waals surface area contributed by atoms with Crippen molar-refractivity contribution in [2.45, 2.75) is 19.4 Å². The van der Waals surface area contributed by atoms with Crippen molar-refractivity contribution in [2.24, 2.45) is 5.73 Å². The van der Waals surface area contributed by atoms with Crippen molar-refractivity contribution in [3.8, 4) is 0 Å². The zero-order valence-corrected chi connectivity index (χ0v) is 12.9. The van der Waals surface area contributed by atoms with Crippen molar-refractivity contribution in [2.75, 3.05) is 44.7 Å². The summed E-state index contributed by atoms with van der Waals surface area (Å²) < 4.78 is 4.92. The second-order valence-corrected chi connectivity index (χ2v) is 6.06. The van der Waals surface area contributed by atoms with Gasteiger partial charge in [0.05, 0.1) is 6.61 Å². The summed E-state index contributed by atoms with van der Waals surface area (Å²) in [5.74, 6) is -0.345. The third-order valence-corrected chi connectivity index (χ3v) is 4.41. The fourth-order valence-corrected chi connectivity index (χ4v) is 3.10. The Kier molecular flexibility index (Phi) is 5.33. The average molecular weight is 298 g/mol. The fraction of sp³-hybridized carbons (Fsp3) is 0.692. The van der Waals surface area contributed by atoms with Gasteiger partial charge in [-0.3, -0.25) is 4.79 Å². The largest absolute Gasteiger partial charge is 0.465 e. The number of aromatic nitrogens is 1. The smallest absolute Gasteiger partial charge is 0.323 e. The number of thiazole rings is 1. The standard InChI is InChI=1S/C13H22N4O2S/c1-3-19-12(18)11(14)8-10-9-15-13(20-10)17-6-4-16(2)5-7-17/h9,11H,3-8,14H2,1-2H3. The van der Waals surface area contributed by atoms with E-state index in [0.29, 0.717) is 13.0 Å². The monoisotopic (exact) mass is 298 g/mol. The molecule has 7 heteroatoms. The van der Waals surface area contributed by atoms with Gasteiger partial charge in [0.25, 0.3) is 0 Å². The zero-order chi connectivity index (χ0) is 14.5. The lowest BCUT2D eigenvalue weighted by atomic mass is 10.2. The van der Waals surface area contributed by atoms with Crippen molar-refractivity contribution in [1.82, 2.24) is 9.88 Å². The van der Waals surface area contributed by atoms with Crippen LogP contribution in [0.1, 0.15) is 11.8 Å². The van der Waals surface area contributed by atoms with Crippen LogP contribution in [0.5, 0.6) is 0 Å². The molecule has 1 aromatic heterocycles. The first-order valence-electron chi connectivity index (χ1n) is 6.90. The molecule has 112 valence electrons. The molecule has 2 N–H and O–H groups in total. The van der Waals surface area contributed by atoms with E-state index in [-0.39, 0.29) is 5.97 Å². The number of esters is 1. The van der Waals surface area contributed by atoms with Crippen LogP contribution in [0.2, 0.25) is 0 Å². The number of likely N-dealkylation sites (N-methyl/N-ethyl adjacent to an activating group) is 1. The molecule has 20 heavy (non-hydrogen) atoms. The predicted octanol–water partition coefficient (Wildman–Crippen LogP) is 0.328. The molecule has 6 nitrogen and oxygen atoms in total. The Balaban J connectivity index is 1.90. The maximum atomic E-state index is 11.5. The quantitative estimate of drug-likeness (QED) is 0.790. The number of nitrogens with zero attached hydrogens (tertiary/aromatic N) is 3.